The number of carbonyl (C=O) groups excluding carboxylic acids is 2. The van der Waals surface area contributed by atoms with Crippen LogP contribution in [0.25, 0.3) is 0 Å². The Morgan fingerprint density at radius 3 is 2.47 bits per heavy atom. The van der Waals surface area contributed by atoms with Gasteiger partial charge in [0.15, 0.2) is 11.6 Å². The van der Waals surface area contributed by atoms with E-state index in [4.69, 9.17) is 0 Å². The van der Waals surface area contributed by atoms with E-state index >= 15 is 0 Å². The highest BCUT2D eigenvalue weighted by atomic mass is 16.1. The average Bonchev–Trinajstić information content (AvgIpc) is 3.14. The normalized spacial score (nSPS) is 29.6. The molecular weight excluding hydrogens is 212 g/mol. The summed E-state index contributed by atoms with van der Waals surface area (Å²) in [5, 5.41) is 0. The molecule has 3 aliphatic carbocycles. The molecule has 0 saturated heterocycles. The highest BCUT2D eigenvalue weighted by Crippen LogP contribution is 2.54. The lowest BCUT2D eigenvalue weighted by Gasteiger charge is -2.24. The monoisotopic (exact) mass is 224 g/mol. The number of fused-ring (bicyclic) bond motifs is 3. The number of hydrogen-bond donors (Lipinski definition) is 0. The number of hydrogen-bond acceptors (Lipinski definition) is 2. The summed E-state index contributed by atoms with van der Waals surface area (Å²) in [6.45, 7) is 0. The van der Waals surface area contributed by atoms with Gasteiger partial charge in [-0.15, -0.1) is 0 Å². The van der Waals surface area contributed by atoms with Gasteiger partial charge in [-0.05, 0) is 31.1 Å². The fourth-order valence-electron chi connectivity index (χ4n) is 3.34. The van der Waals surface area contributed by atoms with Crippen LogP contribution in [0, 0.1) is 11.8 Å². The Kier molecular flexibility index (Phi) is 1.62. The van der Waals surface area contributed by atoms with Crippen molar-refractivity contribution in [3.05, 3.63) is 46.5 Å². The van der Waals surface area contributed by atoms with Crippen molar-refractivity contribution < 1.29 is 9.59 Å². The third-order valence-electron chi connectivity index (χ3n) is 4.32. The van der Waals surface area contributed by atoms with Gasteiger partial charge in [0.1, 0.15) is 0 Å². The first-order valence-corrected chi connectivity index (χ1v) is 6.19. The molecule has 1 fully saturated rings. The predicted octanol–water partition coefficient (Wildman–Crippen LogP) is 2.79. The minimum absolute atomic E-state index is 0.0977. The van der Waals surface area contributed by atoms with E-state index in [9.17, 15) is 9.59 Å². The Morgan fingerprint density at radius 2 is 1.71 bits per heavy atom. The SMILES string of the molecule is O=C1C2=C(C(=O)c3ccccc31)[C@H]1CC1CC2. The molecule has 3 aliphatic rings. The molecule has 1 unspecified atom stereocenters. The van der Waals surface area contributed by atoms with Gasteiger partial charge in [-0.2, -0.15) is 0 Å². The maximum absolute atomic E-state index is 12.4. The highest BCUT2D eigenvalue weighted by Gasteiger charge is 2.49. The van der Waals surface area contributed by atoms with Crippen molar-refractivity contribution >= 4 is 11.6 Å². The number of rotatable bonds is 0. The smallest absolute Gasteiger partial charge is 0.190 e. The fourth-order valence-corrected chi connectivity index (χ4v) is 3.34. The molecule has 0 aromatic heterocycles. The molecule has 2 heteroatoms. The number of carbonyl (C=O) groups is 2. The first kappa shape index (κ1) is 9.34. The maximum Gasteiger partial charge on any atom is 0.190 e. The molecule has 84 valence electrons. The number of Topliss-reactive ketones (excluding diaryl/α,β-unsaturated/α-hetero) is 2. The second-order valence-corrected chi connectivity index (χ2v) is 5.24. The van der Waals surface area contributed by atoms with Gasteiger partial charge >= 0.3 is 0 Å². The van der Waals surface area contributed by atoms with Crippen LogP contribution in [0.15, 0.2) is 35.4 Å². The van der Waals surface area contributed by atoms with Gasteiger partial charge in [-0.25, -0.2) is 0 Å². The van der Waals surface area contributed by atoms with Crippen molar-refractivity contribution in [2.45, 2.75) is 19.3 Å². The van der Waals surface area contributed by atoms with E-state index in [0.29, 0.717) is 23.0 Å². The Morgan fingerprint density at radius 1 is 1.00 bits per heavy atom. The molecule has 0 aliphatic heterocycles. The molecule has 0 bridgehead atoms. The molecule has 0 heterocycles. The molecule has 1 saturated carbocycles. The van der Waals surface area contributed by atoms with Gasteiger partial charge in [0.2, 0.25) is 0 Å². The van der Waals surface area contributed by atoms with E-state index < -0.39 is 0 Å². The maximum atomic E-state index is 12.4. The van der Waals surface area contributed by atoms with Crippen LogP contribution in [0.1, 0.15) is 40.0 Å². The Labute approximate surface area is 99.3 Å². The standard InChI is InChI=1S/C15H12O2/c16-14-9-3-1-2-4-10(9)15(17)13-11(14)6-5-8-7-12(8)13/h1-4,8,12H,5-7H2/t8?,12-/m0/s1. The fraction of sp³-hybridized carbons (Fsp3) is 0.333. The molecule has 17 heavy (non-hydrogen) atoms. The molecule has 1 aromatic rings. The third-order valence-corrected chi connectivity index (χ3v) is 4.32. The predicted molar refractivity (Wildman–Crippen MR) is 63.0 cm³/mol. The summed E-state index contributed by atoms with van der Waals surface area (Å²) >= 11 is 0. The van der Waals surface area contributed by atoms with E-state index in [0.717, 1.165) is 30.4 Å². The first-order valence-electron chi connectivity index (χ1n) is 6.19. The lowest BCUT2D eigenvalue weighted by Crippen LogP contribution is -2.25. The van der Waals surface area contributed by atoms with E-state index in [-0.39, 0.29) is 11.6 Å². The summed E-state index contributed by atoms with van der Waals surface area (Å²) < 4.78 is 0. The van der Waals surface area contributed by atoms with Crippen LogP contribution < -0.4 is 0 Å². The average molecular weight is 224 g/mol. The second-order valence-electron chi connectivity index (χ2n) is 5.24. The zero-order chi connectivity index (χ0) is 11.6. The summed E-state index contributed by atoms with van der Waals surface area (Å²) in [5.74, 6) is 1.28. The van der Waals surface area contributed by atoms with Crippen LogP contribution in [0.2, 0.25) is 0 Å². The van der Waals surface area contributed by atoms with Crippen molar-refractivity contribution in [1.82, 2.24) is 0 Å². The number of allylic oxidation sites excluding steroid dienone is 2. The van der Waals surface area contributed by atoms with E-state index in [1.165, 1.54) is 0 Å². The van der Waals surface area contributed by atoms with Crippen molar-refractivity contribution in [1.29, 1.82) is 0 Å². The molecule has 0 spiro atoms. The lowest BCUT2D eigenvalue weighted by atomic mass is 9.77. The van der Waals surface area contributed by atoms with E-state index in [2.05, 4.69) is 0 Å². The van der Waals surface area contributed by atoms with E-state index in [1.807, 2.05) is 12.1 Å². The van der Waals surface area contributed by atoms with Gasteiger partial charge in [-0.1, -0.05) is 24.3 Å². The quantitative estimate of drug-likeness (QED) is 0.679. The Balaban J connectivity index is 1.96. The summed E-state index contributed by atoms with van der Waals surface area (Å²) in [5.41, 5.74) is 2.89. The largest absolute Gasteiger partial charge is 0.289 e. The zero-order valence-corrected chi connectivity index (χ0v) is 9.40. The molecule has 1 aromatic carbocycles. The topological polar surface area (TPSA) is 34.1 Å². The molecule has 0 amide bonds. The first-order chi connectivity index (χ1) is 8.27. The van der Waals surface area contributed by atoms with Crippen LogP contribution in [-0.2, 0) is 0 Å². The van der Waals surface area contributed by atoms with Crippen LogP contribution in [-0.4, -0.2) is 11.6 Å². The van der Waals surface area contributed by atoms with Crippen LogP contribution >= 0.6 is 0 Å². The number of ketones is 2. The Hall–Kier alpha value is -1.70. The zero-order valence-electron chi connectivity index (χ0n) is 9.40. The third kappa shape index (κ3) is 1.10. The van der Waals surface area contributed by atoms with Crippen molar-refractivity contribution in [2.75, 3.05) is 0 Å². The summed E-state index contributed by atoms with van der Waals surface area (Å²) in [6.07, 6.45) is 3.00. The van der Waals surface area contributed by atoms with Crippen LogP contribution in [0.3, 0.4) is 0 Å². The Bertz CT molecular complexity index is 595. The summed E-state index contributed by atoms with van der Waals surface area (Å²) in [7, 11) is 0. The van der Waals surface area contributed by atoms with Gasteiger partial charge in [0.05, 0.1) is 0 Å². The van der Waals surface area contributed by atoms with Crippen molar-refractivity contribution in [3.8, 4) is 0 Å². The van der Waals surface area contributed by atoms with Crippen LogP contribution in [0.5, 0.6) is 0 Å². The van der Waals surface area contributed by atoms with Gasteiger partial charge in [0.25, 0.3) is 0 Å². The number of benzene rings is 1. The van der Waals surface area contributed by atoms with Gasteiger partial charge in [0, 0.05) is 22.3 Å². The summed E-state index contributed by atoms with van der Waals surface area (Å²) in [4.78, 5) is 24.8. The molecule has 4 rings (SSSR count). The van der Waals surface area contributed by atoms with Gasteiger partial charge < -0.3 is 0 Å². The minimum atomic E-state index is 0.0977. The molecule has 2 atom stereocenters. The second kappa shape index (κ2) is 2.95. The van der Waals surface area contributed by atoms with Crippen LogP contribution in [0.4, 0.5) is 0 Å². The molecule has 0 N–H and O–H groups in total. The van der Waals surface area contributed by atoms with Crippen molar-refractivity contribution in [2.24, 2.45) is 11.8 Å². The molecule has 0 radical (unpaired) electrons. The molecule has 2 nitrogen and oxygen atoms in total. The van der Waals surface area contributed by atoms with Crippen molar-refractivity contribution in [3.63, 3.8) is 0 Å². The van der Waals surface area contributed by atoms with E-state index in [1.54, 1.807) is 12.1 Å². The highest BCUT2D eigenvalue weighted by molar-refractivity contribution is 6.27. The lowest BCUT2D eigenvalue weighted by molar-refractivity contribution is 0.0962. The minimum Gasteiger partial charge on any atom is -0.289 e. The van der Waals surface area contributed by atoms with Gasteiger partial charge in [-0.3, -0.25) is 9.59 Å². The molecular formula is C15H12O2. The summed E-state index contributed by atoms with van der Waals surface area (Å²) in [6, 6.07) is 7.23.